The third kappa shape index (κ3) is 14.1. The number of ether oxygens (including phenoxy) is 2. The molecule has 0 aromatic carbocycles. The van der Waals surface area contributed by atoms with E-state index in [1.54, 1.807) is 0 Å². The van der Waals surface area contributed by atoms with Gasteiger partial charge in [-0.15, -0.1) is 0 Å². The van der Waals surface area contributed by atoms with Crippen molar-refractivity contribution in [2.45, 2.75) is 49.2 Å². The molecule has 0 rings (SSSR count). The summed E-state index contributed by atoms with van der Waals surface area (Å²) in [5.74, 6) is 0. The lowest BCUT2D eigenvalue weighted by molar-refractivity contribution is 0.0554. The maximum Gasteiger partial charge on any atom is 0.508 e. The molecule has 0 amide bonds. The SMILES string of the molecule is CCCCCCCCOC(=O)OCC(Cl)(Cl)Cl. The first kappa shape index (κ1) is 17.1. The van der Waals surface area contributed by atoms with Crippen LogP contribution in [0.5, 0.6) is 0 Å². The largest absolute Gasteiger partial charge is 0.508 e. The minimum absolute atomic E-state index is 0.299. The first-order chi connectivity index (χ1) is 7.95. The molecule has 0 atom stereocenters. The van der Waals surface area contributed by atoms with Crippen LogP contribution in [-0.2, 0) is 9.47 Å². The van der Waals surface area contributed by atoms with E-state index in [2.05, 4.69) is 11.7 Å². The van der Waals surface area contributed by atoms with E-state index in [0.29, 0.717) is 6.61 Å². The van der Waals surface area contributed by atoms with Crippen molar-refractivity contribution in [1.82, 2.24) is 0 Å². The molecule has 0 aromatic rings. The summed E-state index contributed by atoms with van der Waals surface area (Å²) in [5.41, 5.74) is 0. The predicted molar refractivity (Wildman–Crippen MR) is 71.0 cm³/mol. The average molecular weight is 306 g/mol. The lowest BCUT2D eigenvalue weighted by Crippen LogP contribution is -2.18. The lowest BCUT2D eigenvalue weighted by Gasteiger charge is -2.11. The van der Waals surface area contributed by atoms with E-state index < -0.39 is 9.95 Å². The normalized spacial score (nSPS) is 11.3. The fourth-order valence-corrected chi connectivity index (χ4v) is 1.38. The first-order valence-electron chi connectivity index (χ1n) is 5.82. The molecule has 0 heterocycles. The topological polar surface area (TPSA) is 35.5 Å². The highest BCUT2D eigenvalue weighted by Crippen LogP contribution is 2.25. The summed E-state index contributed by atoms with van der Waals surface area (Å²) >= 11 is 16.2. The molecule has 102 valence electrons. The van der Waals surface area contributed by atoms with Gasteiger partial charge < -0.3 is 9.47 Å². The summed E-state index contributed by atoms with van der Waals surface area (Å²) in [7, 11) is 0. The van der Waals surface area contributed by atoms with Gasteiger partial charge in [0.05, 0.1) is 6.61 Å². The van der Waals surface area contributed by atoms with E-state index in [1.165, 1.54) is 25.7 Å². The van der Waals surface area contributed by atoms with Crippen molar-refractivity contribution in [3.63, 3.8) is 0 Å². The fraction of sp³-hybridized carbons (Fsp3) is 0.909. The van der Waals surface area contributed by atoms with Crippen LogP contribution in [0.15, 0.2) is 0 Å². The second-order valence-corrected chi connectivity index (χ2v) is 6.29. The van der Waals surface area contributed by atoms with Crippen LogP contribution in [0.3, 0.4) is 0 Å². The van der Waals surface area contributed by atoms with Crippen LogP contribution in [0.25, 0.3) is 0 Å². The monoisotopic (exact) mass is 304 g/mol. The molecule has 0 aliphatic carbocycles. The van der Waals surface area contributed by atoms with Gasteiger partial charge in [0.25, 0.3) is 0 Å². The van der Waals surface area contributed by atoms with Gasteiger partial charge in [-0.05, 0) is 6.42 Å². The smallest absolute Gasteiger partial charge is 0.434 e. The van der Waals surface area contributed by atoms with Crippen molar-refractivity contribution < 1.29 is 14.3 Å². The van der Waals surface area contributed by atoms with Crippen LogP contribution in [-0.4, -0.2) is 23.2 Å². The molecule has 0 saturated heterocycles. The van der Waals surface area contributed by atoms with Gasteiger partial charge in [0, 0.05) is 0 Å². The number of rotatable bonds is 8. The summed E-state index contributed by atoms with van der Waals surface area (Å²) in [6, 6.07) is 0. The molecule has 3 nitrogen and oxygen atoms in total. The summed E-state index contributed by atoms with van der Waals surface area (Å²) < 4.78 is 7.82. The number of unbranched alkanes of at least 4 members (excludes halogenated alkanes) is 5. The maximum atomic E-state index is 11.0. The molecule has 0 N–H and O–H groups in total. The highest BCUT2D eigenvalue weighted by Gasteiger charge is 2.22. The van der Waals surface area contributed by atoms with Crippen LogP contribution in [0.4, 0.5) is 4.79 Å². The predicted octanol–water partition coefficient (Wildman–Crippen LogP) is 4.87. The second kappa shape index (κ2) is 10.1. The summed E-state index contributed by atoms with van der Waals surface area (Å²) in [4.78, 5) is 11.0. The minimum atomic E-state index is -1.58. The van der Waals surface area contributed by atoms with Crippen molar-refractivity contribution >= 4 is 41.0 Å². The number of hydrogen-bond acceptors (Lipinski definition) is 3. The highest BCUT2D eigenvalue weighted by atomic mass is 35.6. The average Bonchev–Trinajstić information content (AvgIpc) is 2.24. The van der Waals surface area contributed by atoms with Gasteiger partial charge in [-0.25, -0.2) is 4.79 Å². The molecule has 0 spiro atoms. The van der Waals surface area contributed by atoms with E-state index >= 15 is 0 Å². The Kier molecular flexibility index (Phi) is 10.2. The van der Waals surface area contributed by atoms with Gasteiger partial charge in [-0.1, -0.05) is 73.8 Å². The lowest BCUT2D eigenvalue weighted by atomic mass is 10.1. The Morgan fingerprint density at radius 1 is 1.00 bits per heavy atom. The number of halogens is 3. The molecular formula is C11H19Cl3O3. The highest BCUT2D eigenvalue weighted by molar-refractivity contribution is 6.67. The molecule has 0 aromatic heterocycles. The molecular weight excluding hydrogens is 286 g/mol. The van der Waals surface area contributed by atoms with Crippen molar-refractivity contribution in [1.29, 1.82) is 0 Å². The molecule has 0 aliphatic heterocycles. The van der Waals surface area contributed by atoms with E-state index in [9.17, 15) is 4.79 Å². The molecule has 0 unspecified atom stereocenters. The van der Waals surface area contributed by atoms with Gasteiger partial charge in [-0.2, -0.15) is 0 Å². The number of carbonyl (C=O) groups excluding carboxylic acids is 1. The molecule has 0 bridgehead atoms. The zero-order chi connectivity index (χ0) is 13.1. The van der Waals surface area contributed by atoms with Crippen LogP contribution in [0, 0.1) is 0 Å². The molecule has 0 saturated carbocycles. The van der Waals surface area contributed by atoms with Gasteiger partial charge in [0.1, 0.15) is 6.61 Å². The van der Waals surface area contributed by atoms with E-state index in [-0.39, 0.29) is 6.61 Å². The molecule has 0 aliphatic rings. The van der Waals surface area contributed by atoms with Crippen LogP contribution >= 0.6 is 34.8 Å². The third-order valence-corrected chi connectivity index (χ3v) is 2.40. The Labute approximate surface area is 118 Å². The van der Waals surface area contributed by atoms with Crippen molar-refractivity contribution in [2.24, 2.45) is 0 Å². The number of alkyl halides is 3. The van der Waals surface area contributed by atoms with Gasteiger partial charge >= 0.3 is 6.16 Å². The quantitative estimate of drug-likeness (QED) is 0.364. The summed E-state index contributed by atoms with van der Waals surface area (Å²) in [5, 5.41) is 0. The van der Waals surface area contributed by atoms with E-state index in [0.717, 1.165) is 12.8 Å². The zero-order valence-electron chi connectivity index (χ0n) is 10.0. The molecule has 6 heteroatoms. The van der Waals surface area contributed by atoms with Crippen LogP contribution in [0.1, 0.15) is 45.4 Å². The Morgan fingerprint density at radius 2 is 1.59 bits per heavy atom. The van der Waals surface area contributed by atoms with Gasteiger partial charge in [0.15, 0.2) is 0 Å². The van der Waals surface area contributed by atoms with Crippen LogP contribution in [0.2, 0.25) is 0 Å². The Hall–Kier alpha value is 0.140. The standard InChI is InChI=1S/C11H19Cl3O3/c1-2-3-4-5-6-7-8-16-10(15)17-9-11(12,13)14/h2-9H2,1H3. The molecule has 0 fully saturated rings. The van der Waals surface area contributed by atoms with Crippen molar-refractivity contribution in [3.8, 4) is 0 Å². The van der Waals surface area contributed by atoms with Gasteiger partial charge in [-0.3, -0.25) is 0 Å². The first-order valence-corrected chi connectivity index (χ1v) is 6.95. The summed E-state index contributed by atoms with van der Waals surface area (Å²) in [6.07, 6.45) is 5.98. The summed E-state index contributed by atoms with van der Waals surface area (Å²) in [6.45, 7) is 2.22. The third-order valence-electron chi connectivity index (χ3n) is 2.07. The van der Waals surface area contributed by atoms with Crippen molar-refractivity contribution in [2.75, 3.05) is 13.2 Å². The molecule has 0 radical (unpaired) electrons. The zero-order valence-corrected chi connectivity index (χ0v) is 12.3. The van der Waals surface area contributed by atoms with E-state index in [4.69, 9.17) is 39.5 Å². The van der Waals surface area contributed by atoms with Crippen molar-refractivity contribution in [3.05, 3.63) is 0 Å². The second-order valence-electron chi connectivity index (χ2n) is 3.77. The number of carbonyl (C=O) groups is 1. The Balaban J connectivity index is 3.28. The van der Waals surface area contributed by atoms with E-state index in [1.807, 2.05) is 0 Å². The Morgan fingerprint density at radius 3 is 2.18 bits per heavy atom. The fourth-order valence-electron chi connectivity index (χ4n) is 1.22. The van der Waals surface area contributed by atoms with Gasteiger partial charge in [0.2, 0.25) is 3.79 Å². The molecule has 17 heavy (non-hydrogen) atoms. The Bertz CT molecular complexity index is 205. The number of hydrogen-bond donors (Lipinski definition) is 0. The maximum absolute atomic E-state index is 11.0. The van der Waals surface area contributed by atoms with Crippen LogP contribution < -0.4 is 0 Å². The minimum Gasteiger partial charge on any atom is -0.434 e.